The normalized spacial score (nSPS) is 12.2. The molecule has 0 spiro atoms. The van der Waals surface area contributed by atoms with E-state index in [1.165, 1.54) is 6.07 Å². The van der Waals surface area contributed by atoms with E-state index in [0.29, 0.717) is 18.5 Å². The van der Waals surface area contributed by atoms with E-state index in [2.05, 4.69) is 23.3 Å². The minimum absolute atomic E-state index is 0.0637. The maximum absolute atomic E-state index is 13.5. The molecule has 0 aliphatic rings. The first-order valence-corrected chi connectivity index (χ1v) is 8.80. The van der Waals surface area contributed by atoms with Crippen LogP contribution in [0.1, 0.15) is 29.8 Å². The van der Waals surface area contributed by atoms with Crippen molar-refractivity contribution in [3.63, 3.8) is 0 Å². The molecule has 5 heteroatoms. The molecule has 3 rings (SSSR count). The van der Waals surface area contributed by atoms with Crippen molar-refractivity contribution in [1.29, 1.82) is 0 Å². The molecule has 0 fully saturated rings. The van der Waals surface area contributed by atoms with E-state index in [4.69, 9.17) is 0 Å². The number of aryl methyl sites for hydroxylation is 1. The van der Waals surface area contributed by atoms with Gasteiger partial charge in [-0.05, 0) is 30.2 Å². The van der Waals surface area contributed by atoms with Gasteiger partial charge in [-0.3, -0.25) is 4.79 Å². The van der Waals surface area contributed by atoms with Gasteiger partial charge in [0.25, 0.3) is 0 Å². The Balaban J connectivity index is 1.51. The van der Waals surface area contributed by atoms with Gasteiger partial charge < -0.3 is 5.32 Å². The molecule has 24 heavy (non-hydrogen) atoms. The Morgan fingerprint density at radius 3 is 2.75 bits per heavy atom. The Morgan fingerprint density at radius 1 is 1.21 bits per heavy atom. The third-order valence-electron chi connectivity index (χ3n) is 3.92. The van der Waals surface area contributed by atoms with Gasteiger partial charge in [0.05, 0.1) is 15.2 Å². The maximum atomic E-state index is 13.5. The average Bonchev–Trinajstić information content (AvgIpc) is 3.03. The molecule has 0 bridgehead atoms. The number of nitrogens with zero attached hydrogens (tertiary/aromatic N) is 1. The Labute approximate surface area is 144 Å². The number of rotatable bonds is 6. The number of hydrogen-bond donors (Lipinski definition) is 1. The van der Waals surface area contributed by atoms with Gasteiger partial charge in [-0.25, -0.2) is 9.37 Å². The molecule has 1 amide bonds. The van der Waals surface area contributed by atoms with Crippen molar-refractivity contribution in [1.82, 2.24) is 10.3 Å². The number of nitrogens with one attached hydrogen (secondary N) is 1. The van der Waals surface area contributed by atoms with Crippen LogP contribution in [-0.2, 0) is 11.2 Å². The quantitative estimate of drug-likeness (QED) is 0.726. The van der Waals surface area contributed by atoms with Crippen LogP contribution in [0.2, 0.25) is 0 Å². The third-order valence-corrected chi connectivity index (χ3v) is 5.18. The third kappa shape index (κ3) is 3.97. The molecule has 2 aromatic carbocycles. The second-order valence-corrected chi connectivity index (χ2v) is 6.88. The Kier molecular flexibility index (Phi) is 5.20. The Morgan fingerprint density at radius 2 is 1.96 bits per heavy atom. The van der Waals surface area contributed by atoms with Gasteiger partial charge in [0, 0.05) is 18.9 Å². The summed E-state index contributed by atoms with van der Waals surface area (Å²) < 4.78 is 14.7. The lowest BCUT2D eigenvalue weighted by molar-refractivity contribution is -0.121. The number of amides is 1. The number of carbonyl (C=O) groups is 1. The lowest BCUT2D eigenvalue weighted by Crippen LogP contribution is -2.27. The highest BCUT2D eigenvalue weighted by atomic mass is 32.1. The summed E-state index contributed by atoms with van der Waals surface area (Å²) in [4.78, 5) is 16.6. The number of halogens is 1. The molecular weight excluding hydrogens is 323 g/mol. The van der Waals surface area contributed by atoms with Crippen molar-refractivity contribution in [2.45, 2.75) is 25.7 Å². The SMILES string of the molecule is CC(CNC(=O)CCc1ccccc1F)c1nc2ccccc2s1. The average molecular weight is 342 g/mol. The van der Waals surface area contributed by atoms with Crippen LogP contribution in [0.15, 0.2) is 48.5 Å². The minimum atomic E-state index is -0.256. The summed E-state index contributed by atoms with van der Waals surface area (Å²) >= 11 is 1.66. The van der Waals surface area contributed by atoms with Crippen LogP contribution < -0.4 is 5.32 Å². The van der Waals surface area contributed by atoms with Gasteiger partial charge in [0.15, 0.2) is 0 Å². The standard InChI is InChI=1S/C19H19FN2OS/c1-13(19-22-16-8-4-5-9-17(16)24-19)12-21-18(23)11-10-14-6-2-3-7-15(14)20/h2-9,13H,10-12H2,1H3,(H,21,23). The van der Waals surface area contributed by atoms with Crippen molar-refractivity contribution in [2.75, 3.05) is 6.54 Å². The molecule has 0 saturated carbocycles. The van der Waals surface area contributed by atoms with Crippen molar-refractivity contribution in [3.8, 4) is 0 Å². The topological polar surface area (TPSA) is 42.0 Å². The van der Waals surface area contributed by atoms with Crippen LogP contribution in [0.4, 0.5) is 4.39 Å². The zero-order valence-electron chi connectivity index (χ0n) is 13.5. The first-order valence-electron chi connectivity index (χ1n) is 7.99. The molecule has 0 saturated heterocycles. The number of para-hydroxylation sites is 1. The molecule has 1 atom stereocenters. The van der Waals surface area contributed by atoms with Crippen molar-refractivity contribution < 1.29 is 9.18 Å². The van der Waals surface area contributed by atoms with Crippen LogP contribution >= 0.6 is 11.3 Å². The highest BCUT2D eigenvalue weighted by Crippen LogP contribution is 2.26. The highest BCUT2D eigenvalue weighted by molar-refractivity contribution is 7.18. The summed E-state index contributed by atoms with van der Waals surface area (Å²) in [5, 5.41) is 3.94. The van der Waals surface area contributed by atoms with Crippen molar-refractivity contribution >= 4 is 27.5 Å². The largest absolute Gasteiger partial charge is 0.355 e. The van der Waals surface area contributed by atoms with Gasteiger partial charge in [0.1, 0.15) is 5.82 Å². The summed E-state index contributed by atoms with van der Waals surface area (Å²) in [7, 11) is 0. The summed E-state index contributed by atoms with van der Waals surface area (Å²) in [5.41, 5.74) is 1.57. The van der Waals surface area contributed by atoms with E-state index in [1.807, 2.05) is 18.2 Å². The minimum Gasteiger partial charge on any atom is -0.355 e. The second-order valence-electron chi connectivity index (χ2n) is 5.82. The van der Waals surface area contributed by atoms with Gasteiger partial charge in [-0.15, -0.1) is 11.3 Å². The van der Waals surface area contributed by atoms with Gasteiger partial charge in [0.2, 0.25) is 5.91 Å². The van der Waals surface area contributed by atoms with E-state index in [-0.39, 0.29) is 24.1 Å². The smallest absolute Gasteiger partial charge is 0.220 e. The number of aromatic nitrogens is 1. The van der Waals surface area contributed by atoms with E-state index in [1.54, 1.807) is 29.5 Å². The molecule has 0 aliphatic carbocycles. The number of thiazole rings is 1. The molecule has 1 N–H and O–H groups in total. The van der Waals surface area contributed by atoms with Gasteiger partial charge in [-0.1, -0.05) is 37.3 Å². The first-order chi connectivity index (χ1) is 11.6. The Hall–Kier alpha value is -2.27. The highest BCUT2D eigenvalue weighted by Gasteiger charge is 2.13. The summed E-state index contributed by atoms with van der Waals surface area (Å²) in [6.07, 6.45) is 0.696. The molecular formula is C19H19FN2OS. The first kappa shape index (κ1) is 16.6. The van der Waals surface area contributed by atoms with E-state index in [9.17, 15) is 9.18 Å². The van der Waals surface area contributed by atoms with Crippen molar-refractivity contribution in [2.24, 2.45) is 0 Å². The van der Waals surface area contributed by atoms with E-state index in [0.717, 1.165) is 15.2 Å². The molecule has 1 aromatic heterocycles. The molecule has 3 aromatic rings. The van der Waals surface area contributed by atoms with Crippen LogP contribution in [0, 0.1) is 5.82 Å². The summed E-state index contributed by atoms with van der Waals surface area (Å²) in [6.45, 7) is 2.59. The van der Waals surface area contributed by atoms with Crippen LogP contribution in [0.3, 0.4) is 0 Å². The Bertz CT molecular complexity index is 813. The number of carbonyl (C=O) groups excluding carboxylic acids is 1. The summed E-state index contributed by atoms with van der Waals surface area (Å²) in [6, 6.07) is 14.6. The molecule has 1 unspecified atom stereocenters. The number of benzene rings is 2. The molecule has 0 radical (unpaired) electrons. The van der Waals surface area contributed by atoms with Crippen LogP contribution in [0.5, 0.6) is 0 Å². The number of hydrogen-bond acceptors (Lipinski definition) is 3. The second kappa shape index (κ2) is 7.53. The zero-order valence-corrected chi connectivity index (χ0v) is 14.3. The fourth-order valence-corrected chi connectivity index (χ4v) is 3.51. The van der Waals surface area contributed by atoms with Gasteiger partial charge in [-0.2, -0.15) is 0 Å². The predicted octanol–water partition coefficient (Wildman–Crippen LogP) is 4.29. The molecule has 0 aliphatic heterocycles. The molecule has 1 heterocycles. The zero-order chi connectivity index (χ0) is 16.9. The fourth-order valence-electron chi connectivity index (χ4n) is 2.49. The van der Waals surface area contributed by atoms with Crippen molar-refractivity contribution in [3.05, 3.63) is 64.9 Å². The molecule has 3 nitrogen and oxygen atoms in total. The van der Waals surface area contributed by atoms with Crippen LogP contribution in [0.25, 0.3) is 10.2 Å². The lowest BCUT2D eigenvalue weighted by Gasteiger charge is -2.10. The predicted molar refractivity (Wildman–Crippen MR) is 95.8 cm³/mol. The number of fused-ring (bicyclic) bond motifs is 1. The summed E-state index contributed by atoms with van der Waals surface area (Å²) in [5.74, 6) is -0.167. The lowest BCUT2D eigenvalue weighted by atomic mass is 10.1. The van der Waals surface area contributed by atoms with E-state index < -0.39 is 0 Å². The monoisotopic (exact) mass is 342 g/mol. The molecule has 124 valence electrons. The fraction of sp³-hybridized carbons (Fsp3) is 0.263. The van der Waals surface area contributed by atoms with Crippen LogP contribution in [-0.4, -0.2) is 17.4 Å². The van der Waals surface area contributed by atoms with E-state index >= 15 is 0 Å². The van der Waals surface area contributed by atoms with Gasteiger partial charge >= 0.3 is 0 Å². The maximum Gasteiger partial charge on any atom is 0.220 e.